The van der Waals surface area contributed by atoms with E-state index < -0.39 is 0 Å². The molecule has 0 unspecified atom stereocenters. The third-order valence-electron chi connectivity index (χ3n) is 3.40. The summed E-state index contributed by atoms with van der Waals surface area (Å²) in [4.78, 5) is 12.5. The standard InChI is InChI=1S/C17H13IO2/c1-10-3-8-15-14(9-10)11(2)17(20-15)16(19)12-4-6-13(18)7-5-12/h3-9H,1-2H3. The summed E-state index contributed by atoms with van der Waals surface area (Å²) in [5.41, 5.74) is 3.49. The maximum atomic E-state index is 12.5. The Bertz CT molecular complexity index is 798. The Kier molecular flexibility index (Phi) is 3.38. The Labute approximate surface area is 130 Å². The lowest BCUT2D eigenvalue weighted by atomic mass is 10.0. The number of furan rings is 1. The summed E-state index contributed by atoms with van der Waals surface area (Å²) in [7, 11) is 0. The van der Waals surface area contributed by atoms with E-state index in [1.54, 1.807) is 0 Å². The molecule has 0 fully saturated rings. The molecule has 0 saturated carbocycles. The number of carbonyl (C=O) groups is 1. The minimum atomic E-state index is -0.0623. The predicted molar refractivity (Wildman–Crippen MR) is 88.3 cm³/mol. The molecule has 2 nitrogen and oxygen atoms in total. The topological polar surface area (TPSA) is 30.2 Å². The number of ketones is 1. The third-order valence-corrected chi connectivity index (χ3v) is 4.12. The number of benzene rings is 2. The van der Waals surface area contributed by atoms with Crippen LogP contribution in [-0.4, -0.2) is 5.78 Å². The van der Waals surface area contributed by atoms with Crippen molar-refractivity contribution in [3.8, 4) is 0 Å². The quantitative estimate of drug-likeness (QED) is 0.471. The maximum Gasteiger partial charge on any atom is 0.228 e. The summed E-state index contributed by atoms with van der Waals surface area (Å²) in [6.45, 7) is 3.97. The zero-order valence-electron chi connectivity index (χ0n) is 11.2. The molecule has 0 aliphatic heterocycles. The Hall–Kier alpha value is -1.62. The Morgan fingerprint density at radius 2 is 1.75 bits per heavy atom. The molecule has 100 valence electrons. The molecular weight excluding hydrogens is 363 g/mol. The Morgan fingerprint density at radius 1 is 1.05 bits per heavy atom. The van der Waals surface area contributed by atoms with Crippen molar-refractivity contribution in [2.24, 2.45) is 0 Å². The van der Waals surface area contributed by atoms with Crippen LogP contribution in [0, 0.1) is 17.4 Å². The summed E-state index contributed by atoms with van der Waals surface area (Å²) in [5.74, 6) is 0.375. The number of rotatable bonds is 2. The molecule has 1 heterocycles. The summed E-state index contributed by atoms with van der Waals surface area (Å²) in [6, 6.07) is 13.5. The lowest BCUT2D eigenvalue weighted by molar-refractivity contribution is 0.101. The van der Waals surface area contributed by atoms with Crippen LogP contribution in [0.1, 0.15) is 27.2 Å². The van der Waals surface area contributed by atoms with Crippen molar-refractivity contribution in [2.45, 2.75) is 13.8 Å². The average Bonchev–Trinajstić information content (AvgIpc) is 2.76. The number of aryl methyl sites for hydroxylation is 2. The highest BCUT2D eigenvalue weighted by Crippen LogP contribution is 2.28. The molecule has 0 amide bonds. The maximum absolute atomic E-state index is 12.5. The molecule has 3 rings (SSSR count). The van der Waals surface area contributed by atoms with Gasteiger partial charge in [-0.1, -0.05) is 11.6 Å². The molecule has 3 heteroatoms. The van der Waals surface area contributed by atoms with Crippen LogP contribution in [0.25, 0.3) is 11.0 Å². The zero-order valence-corrected chi connectivity index (χ0v) is 13.4. The normalized spacial score (nSPS) is 10.9. The van der Waals surface area contributed by atoms with Gasteiger partial charge in [0.05, 0.1) is 0 Å². The van der Waals surface area contributed by atoms with Crippen molar-refractivity contribution >= 4 is 39.3 Å². The van der Waals surface area contributed by atoms with Crippen LogP contribution in [0.15, 0.2) is 46.9 Å². The van der Waals surface area contributed by atoms with E-state index in [1.807, 2.05) is 50.2 Å². The lowest BCUT2D eigenvalue weighted by Gasteiger charge is -1.99. The average molecular weight is 376 g/mol. The smallest absolute Gasteiger partial charge is 0.228 e. The molecule has 0 aliphatic carbocycles. The highest BCUT2D eigenvalue weighted by atomic mass is 127. The molecule has 20 heavy (non-hydrogen) atoms. The second kappa shape index (κ2) is 5.05. The van der Waals surface area contributed by atoms with E-state index in [-0.39, 0.29) is 5.78 Å². The van der Waals surface area contributed by atoms with E-state index in [4.69, 9.17) is 4.42 Å². The minimum Gasteiger partial charge on any atom is -0.452 e. The first-order valence-corrected chi connectivity index (χ1v) is 7.44. The van der Waals surface area contributed by atoms with Crippen molar-refractivity contribution in [1.82, 2.24) is 0 Å². The number of hydrogen-bond donors (Lipinski definition) is 0. The molecule has 2 aromatic carbocycles. The highest BCUT2D eigenvalue weighted by molar-refractivity contribution is 14.1. The molecular formula is C17H13IO2. The van der Waals surface area contributed by atoms with Gasteiger partial charge >= 0.3 is 0 Å². The van der Waals surface area contributed by atoms with Crippen LogP contribution in [0.2, 0.25) is 0 Å². The summed E-state index contributed by atoms with van der Waals surface area (Å²) in [5, 5.41) is 1.01. The van der Waals surface area contributed by atoms with E-state index in [1.165, 1.54) is 0 Å². The van der Waals surface area contributed by atoms with E-state index in [2.05, 4.69) is 28.7 Å². The van der Waals surface area contributed by atoms with Crippen molar-refractivity contribution < 1.29 is 9.21 Å². The van der Waals surface area contributed by atoms with Crippen LogP contribution in [0.4, 0.5) is 0 Å². The highest BCUT2D eigenvalue weighted by Gasteiger charge is 2.19. The second-order valence-electron chi connectivity index (χ2n) is 4.89. The molecule has 0 saturated heterocycles. The van der Waals surface area contributed by atoms with Crippen LogP contribution >= 0.6 is 22.6 Å². The van der Waals surface area contributed by atoms with Crippen molar-refractivity contribution in [1.29, 1.82) is 0 Å². The summed E-state index contributed by atoms with van der Waals surface area (Å²) < 4.78 is 6.86. The molecule has 0 radical (unpaired) electrons. The molecule has 0 aliphatic rings. The minimum absolute atomic E-state index is 0.0623. The Balaban J connectivity index is 2.12. The summed E-state index contributed by atoms with van der Waals surface area (Å²) in [6.07, 6.45) is 0. The largest absolute Gasteiger partial charge is 0.452 e. The van der Waals surface area contributed by atoms with E-state index in [0.29, 0.717) is 11.3 Å². The van der Waals surface area contributed by atoms with Gasteiger partial charge in [-0.15, -0.1) is 0 Å². The van der Waals surface area contributed by atoms with Gasteiger partial charge < -0.3 is 4.42 Å². The van der Waals surface area contributed by atoms with Crippen LogP contribution < -0.4 is 0 Å². The van der Waals surface area contributed by atoms with Gasteiger partial charge in [-0.05, 0) is 72.8 Å². The van der Waals surface area contributed by atoms with Gasteiger partial charge in [0.15, 0.2) is 5.76 Å². The fourth-order valence-electron chi connectivity index (χ4n) is 2.28. The molecule has 0 atom stereocenters. The molecule has 0 spiro atoms. The van der Waals surface area contributed by atoms with Crippen molar-refractivity contribution in [3.05, 3.63) is 68.5 Å². The molecule has 0 N–H and O–H groups in total. The van der Waals surface area contributed by atoms with Crippen LogP contribution in [0.5, 0.6) is 0 Å². The van der Waals surface area contributed by atoms with E-state index >= 15 is 0 Å². The number of carbonyl (C=O) groups excluding carboxylic acids is 1. The van der Waals surface area contributed by atoms with Gasteiger partial charge in [-0.25, -0.2) is 0 Å². The fraction of sp³-hybridized carbons (Fsp3) is 0.118. The monoisotopic (exact) mass is 376 g/mol. The van der Waals surface area contributed by atoms with Gasteiger partial charge in [0.25, 0.3) is 0 Å². The molecule has 0 bridgehead atoms. The van der Waals surface area contributed by atoms with Gasteiger partial charge in [-0.2, -0.15) is 0 Å². The number of fused-ring (bicyclic) bond motifs is 1. The van der Waals surface area contributed by atoms with Gasteiger partial charge in [0.2, 0.25) is 5.78 Å². The molecule has 1 aromatic heterocycles. The number of hydrogen-bond acceptors (Lipinski definition) is 2. The van der Waals surface area contributed by atoms with Crippen molar-refractivity contribution in [2.75, 3.05) is 0 Å². The Morgan fingerprint density at radius 3 is 2.45 bits per heavy atom. The third kappa shape index (κ3) is 2.26. The van der Waals surface area contributed by atoms with Crippen LogP contribution in [0.3, 0.4) is 0 Å². The number of halogens is 1. The SMILES string of the molecule is Cc1ccc2oc(C(=O)c3ccc(I)cc3)c(C)c2c1. The second-order valence-corrected chi connectivity index (χ2v) is 6.14. The molecule has 3 aromatic rings. The predicted octanol–water partition coefficient (Wildman–Crippen LogP) is 4.89. The van der Waals surface area contributed by atoms with Gasteiger partial charge in [0, 0.05) is 20.1 Å². The van der Waals surface area contributed by atoms with E-state index in [0.717, 1.165) is 25.7 Å². The first kappa shape index (κ1) is 13.4. The van der Waals surface area contributed by atoms with Crippen molar-refractivity contribution in [3.63, 3.8) is 0 Å². The first-order chi connectivity index (χ1) is 9.56. The first-order valence-electron chi connectivity index (χ1n) is 6.36. The van der Waals surface area contributed by atoms with Crippen LogP contribution in [-0.2, 0) is 0 Å². The fourth-order valence-corrected chi connectivity index (χ4v) is 2.64. The van der Waals surface area contributed by atoms with E-state index in [9.17, 15) is 4.79 Å². The van der Waals surface area contributed by atoms with Gasteiger partial charge in [0.1, 0.15) is 5.58 Å². The zero-order chi connectivity index (χ0) is 14.3. The van der Waals surface area contributed by atoms with Gasteiger partial charge in [-0.3, -0.25) is 4.79 Å². The summed E-state index contributed by atoms with van der Waals surface area (Å²) >= 11 is 2.22. The lowest BCUT2D eigenvalue weighted by Crippen LogP contribution is -2.01.